The molecule has 0 aliphatic rings. The predicted molar refractivity (Wildman–Crippen MR) is 136 cm³/mol. The highest BCUT2D eigenvalue weighted by Gasteiger charge is 2.19. The summed E-state index contributed by atoms with van der Waals surface area (Å²) in [7, 11) is 1.44. The van der Waals surface area contributed by atoms with Crippen LogP contribution in [0.1, 0.15) is 0 Å². The van der Waals surface area contributed by atoms with E-state index >= 15 is 0 Å². The Kier molecular flexibility index (Phi) is 6.80. The minimum absolute atomic E-state index is 0.160. The van der Waals surface area contributed by atoms with Crippen LogP contribution in [-0.2, 0) is 0 Å². The summed E-state index contributed by atoms with van der Waals surface area (Å²) < 4.78 is 24.4. The number of methoxy groups -OCH3 is 1. The number of hydrogen-bond acceptors (Lipinski definition) is 9. The highest BCUT2D eigenvalue weighted by Crippen LogP contribution is 2.35. The molecule has 178 valence electrons. The van der Waals surface area contributed by atoms with E-state index in [2.05, 4.69) is 15.0 Å². The number of thiazole rings is 1. The Labute approximate surface area is 209 Å². The first-order chi connectivity index (χ1) is 17.1. The maximum absolute atomic E-state index is 14.0. The van der Waals surface area contributed by atoms with Crippen molar-refractivity contribution in [3.63, 3.8) is 0 Å². The molecule has 0 saturated heterocycles. The van der Waals surface area contributed by atoms with Gasteiger partial charge in [-0.1, -0.05) is 0 Å². The summed E-state index contributed by atoms with van der Waals surface area (Å²) in [5.41, 5.74) is 2.91. The molecular formula is C24H21FN6O2S2. The van der Waals surface area contributed by atoms with Crippen LogP contribution in [0.25, 0.3) is 27.6 Å². The third-order valence-corrected chi connectivity index (χ3v) is 6.73. The van der Waals surface area contributed by atoms with E-state index in [0.717, 1.165) is 21.1 Å². The minimum atomic E-state index is -0.426. The van der Waals surface area contributed by atoms with Gasteiger partial charge in [0.25, 0.3) is 0 Å². The number of nitrogens with zero attached hydrogens (tertiary/aromatic N) is 4. The molecule has 3 heterocycles. The van der Waals surface area contributed by atoms with Crippen molar-refractivity contribution in [2.45, 2.75) is 4.90 Å². The first-order valence-electron chi connectivity index (χ1n) is 10.7. The van der Waals surface area contributed by atoms with E-state index < -0.39 is 5.82 Å². The van der Waals surface area contributed by atoms with Gasteiger partial charge in [-0.05, 0) is 60.5 Å². The fourth-order valence-electron chi connectivity index (χ4n) is 3.49. The lowest BCUT2D eigenvalue weighted by Crippen LogP contribution is -2.17. The van der Waals surface area contributed by atoms with Crippen molar-refractivity contribution in [3.05, 3.63) is 72.1 Å². The Morgan fingerprint density at radius 1 is 1.11 bits per heavy atom. The molecule has 8 nitrogen and oxygen atoms in total. The average Bonchev–Trinajstić information content (AvgIpc) is 3.47. The molecule has 5 aromatic rings. The molecule has 3 aromatic heterocycles. The number of phenolic OH excluding ortho intramolecular Hbond substituents is 1. The first kappa shape index (κ1) is 23.1. The first-order valence-corrected chi connectivity index (χ1v) is 12.4. The van der Waals surface area contributed by atoms with Crippen LogP contribution in [0, 0.1) is 5.82 Å². The van der Waals surface area contributed by atoms with Gasteiger partial charge in [-0.2, -0.15) is 0 Å². The number of nitrogens with one attached hydrogen (secondary N) is 2. The Morgan fingerprint density at radius 3 is 2.80 bits per heavy atom. The van der Waals surface area contributed by atoms with E-state index in [1.165, 1.54) is 36.5 Å². The second-order valence-electron chi connectivity index (χ2n) is 7.40. The predicted octanol–water partition coefficient (Wildman–Crippen LogP) is 5.08. The van der Waals surface area contributed by atoms with Crippen molar-refractivity contribution in [1.82, 2.24) is 24.1 Å². The summed E-state index contributed by atoms with van der Waals surface area (Å²) in [6.45, 7) is 1.28. The smallest absolute Gasteiger partial charge is 0.223 e. The van der Waals surface area contributed by atoms with Gasteiger partial charge in [-0.15, -0.1) is 11.3 Å². The number of imidazole rings is 1. The van der Waals surface area contributed by atoms with E-state index in [-0.39, 0.29) is 11.5 Å². The van der Waals surface area contributed by atoms with E-state index in [9.17, 15) is 9.50 Å². The number of phenols is 1. The molecule has 0 aliphatic heterocycles. The minimum Gasteiger partial charge on any atom is -0.508 e. The van der Waals surface area contributed by atoms with Crippen LogP contribution in [-0.4, -0.2) is 44.7 Å². The molecule has 0 amide bonds. The summed E-state index contributed by atoms with van der Waals surface area (Å²) in [5, 5.41) is 14.6. The monoisotopic (exact) mass is 508 g/mol. The maximum Gasteiger partial charge on any atom is 0.223 e. The van der Waals surface area contributed by atoms with Gasteiger partial charge in [0.15, 0.2) is 16.5 Å². The fourth-order valence-corrected chi connectivity index (χ4v) is 4.85. The SMILES string of the molecule is COc1cc(-c2nc3sccn3c2-c2ccnc(NCCNSc3ccc(O)cc3)n2)ccc1F. The van der Waals surface area contributed by atoms with E-state index in [1.54, 1.807) is 30.5 Å². The van der Waals surface area contributed by atoms with Crippen LogP contribution in [0.4, 0.5) is 10.3 Å². The van der Waals surface area contributed by atoms with Gasteiger partial charge in [0.05, 0.1) is 18.5 Å². The van der Waals surface area contributed by atoms with Crippen molar-refractivity contribution in [2.24, 2.45) is 0 Å². The maximum atomic E-state index is 14.0. The van der Waals surface area contributed by atoms with Crippen LogP contribution in [0.15, 0.2) is 71.2 Å². The molecule has 3 N–H and O–H groups in total. The van der Waals surface area contributed by atoms with Gasteiger partial charge in [0.1, 0.15) is 11.4 Å². The zero-order valence-electron chi connectivity index (χ0n) is 18.6. The summed E-state index contributed by atoms with van der Waals surface area (Å²) in [5.74, 6) is 0.469. The van der Waals surface area contributed by atoms with Gasteiger partial charge in [-0.25, -0.2) is 19.3 Å². The molecule has 0 unspecified atom stereocenters. The number of hydrogen-bond donors (Lipinski definition) is 3. The van der Waals surface area contributed by atoms with Gasteiger partial charge in [0, 0.05) is 41.3 Å². The van der Waals surface area contributed by atoms with Crippen molar-refractivity contribution < 1.29 is 14.2 Å². The lowest BCUT2D eigenvalue weighted by Gasteiger charge is -2.09. The molecule has 0 bridgehead atoms. The third-order valence-electron chi connectivity index (χ3n) is 5.12. The molecule has 11 heteroatoms. The molecule has 2 aromatic carbocycles. The van der Waals surface area contributed by atoms with Crippen molar-refractivity contribution >= 4 is 34.2 Å². The molecule has 5 rings (SSSR count). The second kappa shape index (κ2) is 10.3. The molecule has 0 spiro atoms. The molecule has 0 radical (unpaired) electrons. The standard InChI is InChI=1S/C24H21FN6O2S2/c1-33-20-14-15(2-7-18(20)25)21-22(31-12-13-34-24(31)30-21)19-8-9-26-23(29-19)27-10-11-28-35-17-5-3-16(32)4-6-17/h2-9,12-14,28,32H,10-11H2,1H3,(H,26,27,29). The number of fused-ring (bicyclic) bond motifs is 1. The topological polar surface area (TPSA) is 96.6 Å². The summed E-state index contributed by atoms with van der Waals surface area (Å²) >= 11 is 2.99. The molecule has 0 fully saturated rings. The largest absolute Gasteiger partial charge is 0.508 e. The van der Waals surface area contributed by atoms with E-state index in [1.807, 2.05) is 34.2 Å². The van der Waals surface area contributed by atoms with Crippen LogP contribution in [0.5, 0.6) is 11.5 Å². The van der Waals surface area contributed by atoms with E-state index in [0.29, 0.717) is 30.4 Å². The summed E-state index contributed by atoms with van der Waals surface area (Å²) in [6.07, 6.45) is 3.64. The molecule has 0 aliphatic carbocycles. The normalized spacial score (nSPS) is 11.1. The van der Waals surface area contributed by atoms with Crippen molar-refractivity contribution in [3.8, 4) is 34.1 Å². The van der Waals surface area contributed by atoms with Crippen LogP contribution < -0.4 is 14.8 Å². The number of aromatic hydroxyl groups is 1. The average molecular weight is 509 g/mol. The zero-order valence-corrected chi connectivity index (χ0v) is 20.2. The van der Waals surface area contributed by atoms with Gasteiger partial charge < -0.3 is 15.2 Å². The number of aromatic nitrogens is 4. The quantitative estimate of drug-likeness (QED) is 0.187. The van der Waals surface area contributed by atoms with Crippen LogP contribution >= 0.6 is 23.3 Å². The van der Waals surface area contributed by atoms with E-state index in [4.69, 9.17) is 14.7 Å². The third kappa shape index (κ3) is 5.06. The van der Waals surface area contributed by atoms with Gasteiger partial charge in [-0.3, -0.25) is 9.12 Å². The van der Waals surface area contributed by atoms with Crippen LogP contribution in [0.2, 0.25) is 0 Å². The summed E-state index contributed by atoms with van der Waals surface area (Å²) in [4.78, 5) is 15.6. The van der Waals surface area contributed by atoms with Crippen molar-refractivity contribution in [2.75, 3.05) is 25.5 Å². The number of halogens is 1. The highest BCUT2D eigenvalue weighted by molar-refractivity contribution is 7.97. The Hall–Kier alpha value is -3.67. The van der Waals surface area contributed by atoms with Crippen LogP contribution in [0.3, 0.4) is 0 Å². The van der Waals surface area contributed by atoms with Crippen molar-refractivity contribution in [1.29, 1.82) is 0 Å². The Bertz CT molecular complexity index is 1450. The zero-order chi connectivity index (χ0) is 24.2. The lowest BCUT2D eigenvalue weighted by molar-refractivity contribution is 0.387. The lowest BCUT2D eigenvalue weighted by atomic mass is 10.1. The molecule has 35 heavy (non-hydrogen) atoms. The number of rotatable bonds is 9. The molecule has 0 atom stereocenters. The Balaban J connectivity index is 1.34. The van der Waals surface area contributed by atoms with Gasteiger partial charge in [0.2, 0.25) is 5.95 Å². The number of benzene rings is 2. The molecular weight excluding hydrogens is 487 g/mol. The Morgan fingerprint density at radius 2 is 1.97 bits per heavy atom. The fraction of sp³-hybridized carbons (Fsp3) is 0.125. The number of ether oxygens (including phenoxy) is 1. The van der Waals surface area contributed by atoms with Gasteiger partial charge >= 0.3 is 0 Å². The number of anilines is 1. The molecule has 0 saturated carbocycles. The second-order valence-corrected chi connectivity index (χ2v) is 9.23. The highest BCUT2D eigenvalue weighted by atomic mass is 32.2. The summed E-state index contributed by atoms with van der Waals surface area (Å²) in [6, 6.07) is 13.5.